The molecule has 2 aromatic rings. The average Bonchev–Trinajstić information content (AvgIpc) is 2.46. The predicted molar refractivity (Wildman–Crippen MR) is 77.3 cm³/mol. The molecule has 0 spiro atoms. The Labute approximate surface area is 126 Å². The molecule has 0 atom stereocenters. The first-order valence-corrected chi connectivity index (χ1v) is 6.52. The fourth-order valence-electron chi connectivity index (χ4n) is 1.85. The molecule has 1 N–H and O–H groups in total. The molecule has 0 unspecified atom stereocenters. The van der Waals surface area contributed by atoms with E-state index in [0.717, 1.165) is 5.69 Å². The Morgan fingerprint density at radius 3 is 2.81 bits per heavy atom. The molecule has 0 aliphatic carbocycles. The lowest BCUT2D eigenvalue weighted by atomic mass is 10.2. The second-order valence-corrected chi connectivity index (χ2v) is 4.75. The van der Waals surface area contributed by atoms with Crippen LogP contribution in [0.3, 0.4) is 0 Å². The zero-order chi connectivity index (χ0) is 15.4. The molecule has 0 saturated heterocycles. The number of nitro benzene ring substituents is 1. The minimum absolute atomic E-state index is 0.0757. The van der Waals surface area contributed by atoms with Crippen molar-refractivity contribution in [2.45, 2.75) is 20.1 Å². The molecule has 6 nitrogen and oxygen atoms in total. The van der Waals surface area contributed by atoms with E-state index in [1.165, 1.54) is 12.1 Å². The topological polar surface area (TPSA) is 85.5 Å². The highest BCUT2D eigenvalue weighted by atomic mass is 35.5. The first-order valence-electron chi connectivity index (χ1n) is 6.15. The Morgan fingerprint density at radius 1 is 1.38 bits per heavy atom. The monoisotopic (exact) mass is 308 g/mol. The third-order valence-corrected chi connectivity index (χ3v) is 3.24. The predicted octanol–water partition coefficient (Wildman–Crippen LogP) is 3.02. The summed E-state index contributed by atoms with van der Waals surface area (Å²) in [5.74, 6) is 0.373. The number of aromatic nitrogens is 1. The minimum atomic E-state index is -0.509. The molecule has 1 aromatic heterocycles. The van der Waals surface area contributed by atoms with E-state index in [0.29, 0.717) is 11.4 Å². The molecular weight excluding hydrogens is 296 g/mol. The average molecular weight is 309 g/mol. The van der Waals surface area contributed by atoms with Gasteiger partial charge in [-0.15, -0.1) is 0 Å². The molecule has 110 valence electrons. The zero-order valence-corrected chi connectivity index (χ0v) is 12.0. The summed E-state index contributed by atoms with van der Waals surface area (Å²) in [5, 5.41) is 20.5. The summed E-state index contributed by atoms with van der Waals surface area (Å²) in [5.41, 5.74) is 1.31. The maximum Gasteiger partial charge on any atom is 0.277 e. The molecule has 1 heterocycles. The summed E-state index contributed by atoms with van der Waals surface area (Å²) in [6.45, 7) is 1.44. The quantitative estimate of drug-likeness (QED) is 0.678. The molecule has 0 fully saturated rings. The lowest BCUT2D eigenvalue weighted by Crippen LogP contribution is -2.04. The van der Waals surface area contributed by atoms with Crippen LogP contribution in [0.4, 0.5) is 5.69 Å². The highest BCUT2D eigenvalue weighted by Crippen LogP contribution is 2.28. The van der Waals surface area contributed by atoms with Gasteiger partial charge in [-0.3, -0.25) is 15.1 Å². The van der Waals surface area contributed by atoms with Crippen LogP contribution in [0.25, 0.3) is 0 Å². The first-order chi connectivity index (χ1) is 10.0. The Morgan fingerprint density at radius 2 is 2.14 bits per heavy atom. The van der Waals surface area contributed by atoms with E-state index in [1.54, 1.807) is 25.1 Å². The number of benzene rings is 1. The SMILES string of the molecule is Cc1ccc(OCc2c(Cl)cccc2[N+](=O)[O-])c(CO)n1. The van der Waals surface area contributed by atoms with Crippen molar-refractivity contribution < 1.29 is 14.8 Å². The van der Waals surface area contributed by atoms with Crippen LogP contribution >= 0.6 is 11.6 Å². The van der Waals surface area contributed by atoms with Gasteiger partial charge in [0, 0.05) is 11.8 Å². The second-order valence-electron chi connectivity index (χ2n) is 4.34. The summed E-state index contributed by atoms with van der Waals surface area (Å²) in [6.07, 6.45) is 0. The van der Waals surface area contributed by atoms with Crippen molar-refractivity contribution in [3.63, 3.8) is 0 Å². The number of pyridine rings is 1. The van der Waals surface area contributed by atoms with Crippen LogP contribution in [0.15, 0.2) is 30.3 Å². The van der Waals surface area contributed by atoms with Crippen LogP contribution in [0.1, 0.15) is 17.0 Å². The number of rotatable bonds is 5. The van der Waals surface area contributed by atoms with Gasteiger partial charge in [0.15, 0.2) is 0 Å². The number of aliphatic hydroxyl groups is 1. The summed E-state index contributed by atoms with van der Waals surface area (Å²) >= 11 is 5.99. The number of ether oxygens (including phenoxy) is 1. The molecule has 0 amide bonds. The summed E-state index contributed by atoms with van der Waals surface area (Å²) < 4.78 is 5.53. The molecule has 0 aliphatic rings. The number of aliphatic hydroxyl groups excluding tert-OH is 1. The first kappa shape index (κ1) is 15.2. The molecule has 0 bridgehead atoms. The van der Waals surface area contributed by atoms with Crippen molar-refractivity contribution >= 4 is 17.3 Å². The number of nitrogens with zero attached hydrogens (tertiary/aromatic N) is 2. The van der Waals surface area contributed by atoms with Gasteiger partial charge < -0.3 is 9.84 Å². The molecular formula is C14H13ClN2O4. The molecule has 7 heteroatoms. The fraction of sp³-hybridized carbons (Fsp3) is 0.214. The second kappa shape index (κ2) is 6.51. The van der Waals surface area contributed by atoms with Crippen molar-refractivity contribution in [3.05, 3.63) is 62.4 Å². The number of hydrogen-bond acceptors (Lipinski definition) is 5. The summed E-state index contributed by atoms with van der Waals surface area (Å²) in [7, 11) is 0. The van der Waals surface area contributed by atoms with E-state index in [9.17, 15) is 15.2 Å². The van der Waals surface area contributed by atoms with Crippen LogP contribution in [0.5, 0.6) is 5.75 Å². The molecule has 1 aromatic carbocycles. The number of nitro groups is 1. The number of halogens is 1. The summed E-state index contributed by atoms with van der Waals surface area (Å²) in [6, 6.07) is 7.83. The van der Waals surface area contributed by atoms with Gasteiger partial charge in [-0.1, -0.05) is 17.7 Å². The largest absolute Gasteiger partial charge is 0.487 e. The molecule has 0 aliphatic heterocycles. The Hall–Kier alpha value is -2.18. The van der Waals surface area contributed by atoms with E-state index in [4.69, 9.17) is 16.3 Å². The van der Waals surface area contributed by atoms with Gasteiger partial charge in [0.1, 0.15) is 18.1 Å². The molecule has 0 saturated carbocycles. The van der Waals surface area contributed by atoms with Gasteiger partial charge in [-0.25, -0.2) is 0 Å². The van der Waals surface area contributed by atoms with E-state index in [-0.39, 0.29) is 29.5 Å². The van der Waals surface area contributed by atoms with E-state index < -0.39 is 4.92 Å². The van der Waals surface area contributed by atoms with E-state index in [1.807, 2.05) is 0 Å². The standard InChI is InChI=1S/C14H13ClN2O4/c1-9-5-6-14(12(7-18)16-9)21-8-10-11(15)3-2-4-13(10)17(19)20/h2-6,18H,7-8H2,1H3. The summed E-state index contributed by atoms with van der Waals surface area (Å²) in [4.78, 5) is 14.6. The Bertz CT molecular complexity index is 676. The lowest BCUT2D eigenvalue weighted by molar-refractivity contribution is -0.385. The van der Waals surface area contributed by atoms with E-state index in [2.05, 4.69) is 4.98 Å². The van der Waals surface area contributed by atoms with Crippen LogP contribution in [-0.2, 0) is 13.2 Å². The van der Waals surface area contributed by atoms with Crippen LogP contribution in [0, 0.1) is 17.0 Å². The third kappa shape index (κ3) is 3.48. The van der Waals surface area contributed by atoms with Crippen molar-refractivity contribution in [1.82, 2.24) is 4.98 Å². The maximum absolute atomic E-state index is 11.0. The maximum atomic E-state index is 11.0. The Kier molecular flexibility index (Phi) is 4.72. The van der Waals surface area contributed by atoms with Gasteiger partial charge in [0.05, 0.1) is 22.1 Å². The van der Waals surface area contributed by atoms with Crippen molar-refractivity contribution in [3.8, 4) is 5.75 Å². The van der Waals surface area contributed by atoms with Crippen LogP contribution in [0.2, 0.25) is 5.02 Å². The molecule has 2 rings (SSSR count). The highest BCUT2D eigenvalue weighted by Gasteiger charge is 2.17. The van der Waals surface area contributed by atoms with Crippen molar-refractivity contribution in [2.24, 2.45) is 0 Å². The van der Waals surface area contributed by atoms with Gasteiger partial charge in [-0.05, 0) is 25.1 Å². The zero-order valence-electron chi connectivity index (χ0n) is 11.2. The lowest BCUT2D eigenvalue weighted by Gasteiger charge is -2.11. The van der Waals surface area contributed by atoms with Crippen LogP contribution in [-0.4, -0.2) is 15.0 Å². The van der Waals surface area contributed by atoms with E-state index >= 15 is 0 Å². The normalized spacial score (nSPS) is 10.4. The number of aryl methyl sites for hydroxylation is 1. The Balaban J connectivity index is 2.27. The molecule has 0 radical (unpaired) electrons. The molecule has 21 heavy (non-hydrogen) atoms. The van der Waals surface area contributed by atoms with Crippen molar-refractivity contribution in [2.75, 3.05) is 0 Å². The fourth-order valence-corrected chi connectivity index (χ4v) is 2.08. The third-order valence-electron chi connectivity index (χ3n) is 2.88. The van der Waals surface area contributed by atoms with Gasteiger partial charge in [0.2, 0.25) is 0 Å². The number of hydrogen-bond donors (Lipinski definition) is 1. The van der Waals surface area contributed by atoms with Gasteiger partial charge in [-0.2, -0.15) is 0 Å². The van der Waals surface area contributed by atoms with Gasteiger partial charge >= 0.3 is 0 Å². The highest BCUT2D eigenvalue weighted by molar-refractivity contribution is 6.31. The minimum Gasteiger partial charge on any atom is -0.487 e. The van der Waals surface area contributed by atoms with Gasteiger partial charge in [0.25, 0.3) is 5.69 Å². The van der Waals surface area contributed by atoms with Crippen molar-refractivity contribution in [1.29, 1.82) is 0 Å². The van der Waals surface area contributed by atoms with Crippen LogP contribution < -0.4 is 4.74 Å². The smallest absolute Gasteiger partial charge is 0.277 e.